The van der Waals surface area contributed by atoms with Crippen molar-refractivity contribution in [1.29, 1.82) is 0 Å². The van der Waals surface area contributed by atoms with Crippen LogP contribution in [0.1, 0.15) is 35.4 Å². The molecule has 3 aromatic rings. The Morgan fingerprint density at radius 1 is 1.03 bits per heavy atom. The van der Waals surface area contributed by atoms with Gasteiger partial charge < -0.3 is 5.32 Å². The molecule has 1 fully saturated rings. The van der Waals surface area contributed by atoms with Gasteiger partial charge in [0.25, 0.3) is 0 Å². The monoisotopic (exact) mass is 430 g/mol. The quantitative estimate of drug-likeness (QED) is 0.531. The third-order valence-corrected chi connectivity index (χ3v) is 6.65. The molecule has 0 bridgehead atoms. The van der Waals surface area contributed by atoms with Gasteiger partial charge in [-0.1, -0.05) is 67.6 Å². The van der Waals surface area contributed by atoms with Gasteiger partial charge in [0, 0.05) is 17.8 Å². The van der Waals surface area contributed by atoms with E-state index in [-0.39, 0.29) is 17.2 Å². The van der Waals surface area contributed by atoms with Gasteiger partial charge in [-0.3, -0.25) is 14.5 Å². The van der Waals surface area contributed by atoms with Crippen molar-refractivity contribution >= 4 is 35.0 Å². The van der Waals surface area contributed by atoms with Gasteiger partial charge in [-0.05, 0) is 47.7 Å². The van der Waals surface area contributed by atoms with Crippen LogP contribution in [-0.2, 0) is 22.4 Å². The first-order valence-electron chi connectivity index (χ1n) is 10.6. The summed E-state index contributed by atoms with van der Waals surface area (Å²) < 4.78 is 0. The summed E-state index contributed by atoms with van der Waals surface area (Å²) in [5.41, 5.74) is 5.07. The van der Waals surface area contributed by atoms with Gasteiger partial charge in [0.2, 0.25) is 11.8 Å². The molecule has 2 amide bonds. The number of nitrogens with zero attached hydrogens (tertiary/aromatic N) is 1. The zero-order chi connectivity index (χ0) is 21.6. The van der Waals surface area contributed by atoms with Gasteiger partial charge in [0.05, 0.1) is 5.75 Å². The Morgan fingerprint density at radius 3 is 2.61 bits per heavy atom. The van der Waals surface area contributed by atoms with Crippen LogP contribution in [0.25, 0.3) is 0 Å². The average Bonchev–Trinajstić information content (AvgIpc) is 3.19. The maximum absolute atomic E-state index is 12.7. The molecule has 1 heterocycles. The fraction of sp³-hybridized carbons (Fsp3) is 0.231. The van der Waals surface area contributed by atoms with Crippen molar-refractivity contribution in [1.82, 2.24) is 0 Å². The van der Waals surface area contributed by atoms with Crippen LogP contribution in [-0.4, -0.2) is 17.6 Å². The van der Waals surface area contributed by atoms with E-state index >= 15 is 0 Å². The number of benzene rings is 3. The highest BCUT2D eigenvalue weighted by molar-refractivity contribution is 8.00. The van der Waals surface area contributed by atoms with E-state index in [9.17, 15) is 9.59 Å². The van der Waals surface area contributed by atoms with Crippen molar-refractivity contribution in [2.24, 2.45) is 0 Å². The summed E-state index contributed by atoms with van der Waals surface area (Å²) in [5.74, 6) is 0.564. The van der Waals surface area contributed by atoms with Crippen LogP contribution in [0.4, 0.5) is 11.4 Å². The van der Waals surface area contributed by atoms with Gasteiger partial charge in [-0.15, -0.1) is 11.8 Å². The van der Waals surface area contributed by atoms with Gasteiger partial charge in [0.15, 0.2) is 0 Å². The lowest BCUT2D eigenvalue weighted by Gasteiger charge is -2.26. The number of anilines is 2. The number of carbonyl (C=O) groups is 2. The minimum Gasteiger partial charge on any atom is -0.326 e. The van der Waals surface area contributed by atoms with E-state index < -0.39 is 0 Å². The molecule has 1 aliphatic heterocycles. The summed E-state index contributed by atoms with van der Waals surface area (Å²) in [5, 5.41) is 2.92. The molecule has 0 aromatic heterocycles. The Morgan fingerprint density at radius 2 is 1.81 bits per heavy atom. The number of para-hydroxylation sites is 1. The summed E-state index contributed by atoms with van der Waals surface area (Å²) >= 11 is 1.62. The summed E-state index contributed by atoms with van der Waals surface area (Å²) in [7, 11) is 0. The topological polar surface area (TPSA) is 49.4 Å². The maximum atomic E-state index is 12.7. The van der Waals surface area contributed by atoms with Crippen molar-refractivity contribution < 1.29 is 9.59 Å². The molecular weight excluding hydrogens is 404 g/mol. The number of thioether (sulfide) groups is 1. The fourth-order valence-corrected chi connectivity index (χ4v) is 5.03. The van der Waals surface area contributed by atoms with Crippen LogP contribution in [0.5, 0.6) is 0 Å². The zero-order valence-corrected chi connectivity index (χ0v) is 18.4. The third-order valence-electron chi connectivity index (χ3n) is 5.44. The Bertz CT molecular complexity index is 1070. The largest absolute Gasteiger partial charge is 0.326 e. The number of carbonyl (C=O) groups excluding carboxylic acids is 2. The minimum atomic E-state index is -0.0960. The standard InChI is InChI=1S/C26H26N2O2S/c1-2-20-11-6-7-14-23(20)28-25(30)18-31-26(28)21-12-8-13-22(17-21)27-24(29)16-15-19-9-4-3-5-10-19/h3-14,17,26H,2,15-16,18H2,1H3,(H,27,29). The van der Waals surface area contributed by atoms with Crippen LogP contribution in [0, 0.1) is 0 Å². The van der Waals surface area contributed by atoms with E-state index in [1.165, 1.54) is 0 Å². The van der Waals surface area contributed by atoms with Gasteiger partial charge in [-0.2, -0.15) is 0 Å². The SMILES string of the molecule is CCc1ccccc1N1C(=O)CSC1c1cccc(NC(=O)CCc2ccccc2)c1. The van der Waals surface area contributed by atoms with E-state index in [4.69, 9.17) is 0 Å². The normalized spacial score (nSPS) is 15.8. The number of hydrogen-bond donors (Lipinski definition) is 1. The molecule has 1 unspecified atom stereocenters. The number of hydrogen-bond acceptors (Lipinski definition) is 3. The van der Waals surface area contributed by atoms with Gasteiger partial charge in [-0.25, -0.2) is 0 Å². The number of aryl methyl sites for hydroxylation is 2. The highest BCUT2D eigenvalue weighted by Crippen LogP contribution is 2.43. The van der Waals surface area contributed by atoms with Crippen LogP contribution in [0.3, 0.4) is 0 Å². The van der Waals surface area contributed by atoms with Crippen molar-refractivity contribution in [2.45, 2.75) is 31.6 Å². The van der Waals surface area contributed by atoms with Crippen LogP contribution in [0.2, 0.25) is 0 Å². The summed E-state index contributed by atoms with van der Waals surface area (Å²) in [4.78, 5) is 27.1. The second kappa shape index (κ2) is 9.84. The number of nitrogens with one attached hydrogen (secondary N) is 1. The molecule has 1 aliphatic rings. The smallest absolute Gasteiger partial charge is 0.238 e. The van der Waals surface area contributed by atoms with E-state index in [2.05, 4.69) is 18.3 Å². The maximum Gasteiger partial charge on any atom is 0.238 e. The lowest BCUT2D eigenvalue weighted by atomic mass is 10.1. The molecule has 4 nitrogen and oxygen atoms in total. The van der Waals surface area contributed by atoms with Crippen LogP contribution < -0.4 is 10.2 Å². The Hall–Kier alpha value is -3.05. The van der Waals surface area contributed by atoms with Crippen molar-refractivity contribution in [3.63, 3.8) is 0 Å². The van der Waals surface area contributed by atoms with E-state index in [1.807, 2.05) is 77.7 Å². The van der Waals surface area contributed by atoms with Crippen LogP contribution in [0.15, 0.2) is 78.9 Å². The second-order valence-corrected chi connectivity index (χ2v) is 8.64. The predicted molar refractivity (Wildman–Crippen MR) is 128 cm³/mol. The number of rotatable bonds is 7. The Kier molecular flexibility index (Phi) is 6.73. The highest BCUT2D eigenvalue weighted by Gasteiger charge is 2.35. The molecule has 31 heavy (non-hydrogen) atoms. The van der Waals surface area contributed by atoms with E-state index in [0.717, 1.165) is 34.5 Å². The Labute approximate surface area is 187 Å². The van der Waals surface area contributed by atoms with Crippen molar-refractivity contribution in [3.05, 3.63) is 95.6 Å². The first-order valence-corrected chi connectivity index (χ1v) is 11.7. The molecule has 0 saturated carbocycles. The first kappa shape index (κ1) is 21.2. The van der Waals surface area contributed by atoms with E-state index in [0.29, 0.717) is 18.6 Å². The van der Waals surface area contributed by atoms with Crippen molar-refractivity contribution in [2.75, 3.05) is 16.0 Å². The summed E-state index contributed by atoms with van der Waals surface area (Å²) in [6.07, 6.45) is 2.01. The summed E-state index contributed by atoms with van der Waals surface area (Å²) in [6, 6.07) is 25.9. The molecule has 0 aliphatic carbocycles. The van der Waals surface area contributed by atoms with Gasteiger partial charge >= 0.3 is 0 Å². The lowest BCUT2D eigenvalue weighted by molar-refractivity contribution is -0.116. The van der Waals surface area contributed by atoms with E-state index in [1.54, 1.807) is 11.8 Å². The molecule has 5 heteroatoms. The first-order chi connectivity index (χ1) is 15.2. The van der Waals surface area contributed by atoms with Crippen LogP contribution >= 0.6 is 11.8 Å². The Balaban J connectivity index is 1.49. The molecule has 0 spiro atoms. The molecule has 1 atom stereocenters. The predicted octanol–water partition coefficient (Wildman–Crippen LogP) is 5.60. The van der Waals surface area contributed by atoms with Crippen molar-refractivity contribution in [3.8, 4) is 0 Å². The zero-order valence-electron chi connectivity index (χ0n) is 17.6. The molecule has 158 valence electrons. The molecule has 4 rings (SSSR count). The lowest BCUT2D eigenvalue weighted by Crippen LogP contribution is -2.28. The molecular formula is C26H26N2O2S. The number of amides is 2. The second-order valence-electron chi connectivity index (χ2n) is 7.57. The minimum absolute atomic E-state index is 0.00987. The molecule has 1 saturated heterocycles. The highest BCUT2D eigenvalue weighted by atomic mass is 32.2. The van der Waals surface area contributed by atoms with Gasteiger partial charge in [0.1, 0.15) is 5.37 Å². The molecule has 0 radical (unpaired) electrons. The average molecular weight is 431 g/mol. The third kappa shape index (κ3) is 5.00. The summed E-state index contributed by atoms with van der Waals surface area (Å²) in [6.45, 7) is 2.10. The molecule has 3 aromatic carbocycles. The fourth-order valence-electron chi connectivity index (χ4n) is 3.87. The molecule has 1 N–H and O–H groups in total.